The number of hydrogen-bond acceptors (Lipinski definition) is 5. The number of carbonyl (C=O) groups excluding carboxylic acids is 1. The second kappa shape index (κ2) is 3.77. The molecule has 1 aromatic rings. The fraction of sp³-hybridized carbons (Fsp3) is 0.556. The average Bonchev–Trinajstić information content (AvgIpc) is 2.74. The summed E-state index contributed by atoms with van der Waals surface area (Å²) in [6.45, 7) is 0. The van der Waals surface area contributed by atoms with Crippen LogP contribution in [-0.4, -0.2) is 30.9 Å². The molecule has 6 heteroatoms. The lowest BCUT2D eigenvalue weighted by Gasteiger charge is -2.05. The van der Waals surface area contributed by atoms with Gasteiger partial charge in [0.15, 0.2) is 16.1 Å². The number of sulfone groups is 1. The Bertz CT molecular complexity index is 462. The van der Waals surface area contributed by atoms with E-state index in [1.54, 1.807) is 0 Å². The third kappa shape index (κ3) is 1.94. The Labute approximate surface area is 87.4 Å². The van der Waals surface area contributed by atoms with E-state index < -0.39 is 15.1 Å². The van der Waals surface area contributed by atoms with E-state index in [1.165, 1.54) is 6.20 Å². The lowest BCUT2D eigenvalue weighted by atomic mass is 10.1. The SMILES string of the molecule is O=Cc1cnoc1CC1CCCS1(=O)=O. The smallest absolute Gasteiger partial charge is 0.155 e. The summed E-state index contributed by atoms with van der Waals surface area (Å²) in [5.74, 6) is 0.614. The standard InChI is InChI=1S/C9H11NO4S/c11-6-7-5-10-14-9(7)4-8-2-1-3-15(8,12)13/h5-6,8H,1-4H2. The molecule has 0 bridgehead atoms. The molecule has 0 saturated carbocycles. The van der Waals surface area contributed by atoms with E-state index in [1.807, 2.05) is 0 Å². The van der Waals surface area contributed by atoms with Gasteiger partial charge in [0, 0.05) is 6.42 Å². The van der Waals surface area contributed by atoms with Gasteiger partial charge in [-0.3, -0.25) is 4.79 Å². The fourth-order valence-corrected chi connectivity index (χ4v) is 3.65. The number of aldehydes is 1. The molecule has 0 aliphatic carbocycles. The van der Waals surface area contributed by atoms with Crippen LogP contribution in [-0.2, 0) is 16.3 Å². The van der Waals surface area contributed by atoms with Crippen LogP contribution in [0.25, 0.3) is 0 Å². The van der Waals surface area contributed by atoms with Crippen LogP contribution in [0.4, 0.5) is 0 Å². The van der Waals surface area contributed by atoms with E-state index in [0.29, 0.717) is 30.5 Å². The van der Waals surface area contributed by atoms with Crippen molar-refractivity contribution in [2.45, 2.75) is 24.5 Å². The van der Waals surface area contributed by atoms with E-state index in [0.717, 1.165) is 0 Å². The highest BCUT2D eigenvalue weighted by Gasteiger charge is 2.32. The van der Waals surface area contributed by atoms with Crippen molar-refractivity contribution in [2.24, 2.45) is 0 Å². The van der Waals surface area contributed by atoms with Gasteiger partial charge in [-0.1, -0.05) is 5.16 Å². The molecule has 82 valence electrons. The van der Waals surface area contributed by atoms with E-state index in [4.69, 9.17) is 4.52 Å². The molecule has 5 nitrogen and oxygen atoms in total. The average molecular weight is 229 g/mol. The number of rotatable bonds is 3. The summed E-state index contributed by atoms with van der Waals surface area (Å²) in [6, 6.07) is 0. The molecule has 1 aliphatic heterocycles. The summed E-state index contributed by atoms with van der Waals surface area (Å²) in [6.07, 6.45) is 3.53. The number of nitrogens with zero attached hydrogens (tertiary/aromatic N) is 1. The van der Waals surface area contributed by atoms with Crippen LogP contribution in [0.15, 0.2) is 10.7 Å². The molecule has 1 aromatic heterocycles. The molecule has 1 fully saturated rings. The predicted octanol–water partition coefficient (Wildman–Crippen LogP) is 0.607. The maximum atomic E-state index is 11.5. The van der Waals surface area contributed by atoms with Crippen molar-refractivity contribution in [1.29, 1.82) is 0 Å². The van der Waals surface area contributed by atoms with E-state index in [2.05, 4.69) is 5.16 Å². The molecule has 2 heterocycles. The minimum atomic E-state index is -2.99. The quantitative estimate of drug-likeness (QED) is 0.709. The summed E-state index contributed by atoms with van der Waals surface area (Å²) in [7, 11) is -2.99. The number of hydrogen-bond donors (Lipinski definition) is 0. The minimum absolute atomic E-state index is 0.238. The third-order valence-corrected chi connectivity index (χ3v) is 4.96. The van der Waals surface area contributed by atoms with E-state index in [-0.39, 0.29) is 12.2 Å². The maximum Gasteiger partial charge on any atom is 0.155 e. The second-order valence-corrected chi connectivity index (χ2v) is 6.06. The largest absolute Gasteiger partial charge is 0.361 e. The van der Waals surface area contributed by atoms with Gasteiger partial charge in [0.25, 0.3) is 0 Å². The maximum absolute atomic E-state index is 11.5. The summed E-state index contributed by atoms with van der Waals surface area (Å²) in [5.41, 5.74) is 0.345. The topological polar surface area (TPSA) is 77.2 Å². The lowest BCUT2D eigenvalue weighted by molar-refractivity contribution is 0.112. The van der Waals surface area contributed by atoms with Crippen molar-refractivity contribution in [3.05, 3.63) is 17.5 Å². The molecule has 1 aliphatic rings. The molecule has 2 rings (SSSR count). The highest BCUT2D eigenvalue weighted by atomic mass is 32.2. The van der Waals surface area contributed by atoms with Crippen molar-refractivity contribution in [2.75, 3.05) is 5.75 Å². The Balaban J connectivity index is 2.19. The van der Waals surface area contributed by atoms with E-state index in [9.17, 15) is 13.2 Å². The first-order valence-corrected chi connectivity index (χ1v) is 6.45. The Kier molecular flexibility index (Phi) is 2.60. The van der Waals surface area contributed by atoms with Crippen LogP contribution >= 0.6 is 0 Å². The number of aromatic nitrogens is 1. The van der Waals surface area contributed by atoms with Gasteiger partial charge in [0.1, 0.15) is 5.76 Å². The van der Waals surface area contributed by atoms with Crippen molar-refractivity contribution >= 4 is 16.1 Å². The minimum Gasteiger partial charge on any atom is -0.361 e. The first kappa shape index (κ1) is 10.4. The first-order valence-electron chi connectivity index (χ1n) is 4.74. The molecular weight excluding hydrogens is 218 g/mol. The summed E-state index contributed by atoms with van der Waals surface area (Å²) in [5, 5.41) is 3.07. The van der Waals surface area contributed by atoms with Crippen LogP contribution in [0, 0.1) is 0 Å². The highest BCUT2D eigenvalue weighted by molar-refractivity contribution is 7.92. The van der Waals surface area contributed by atoms with Crippen molar-refractivity contribution in [1.82, 2.24) is 5.16 Å². The Morgan fingerprint density at radius 1 is 1.60 bits per heavy atom. The molecule has 0 N–H and O–H groups in total. The Morgan fingerprint density at radius 2 is 2.40 bits per heavy atom. The van der Waals surface area contributed by atoms with Gasteiger partial charge >= 0.3 is 0 Å². The highest BCUT2D eigenvalue weighted by Crippen LogP contribution is 2.24. The number of carbonyl (C=O) groups is 1. The van der Waals surface area contributed by atoms with Crippen molar-refractivity contribution < 1.29 is 17.7 Å². The zero-order valence-corrected chi connectivity index (χ0v) is 8.87. The molecule has 15 heavy (non-hydrogen) atoms. The van der Waals surface area contributed by atoms with Gasteiger partial charge in [-0.25, -0.2) is 8.42 Å². The van der Waals surface area contributed by atoms with Crippen molar-refractivity contribution in [3.63, 3.8) is 0 Å². The van der Waals surface area contributed by atoms with Gasteiger partial charge in [-0.15, -0.1) is 0 Å². The normalized spacial score (nSPS) is 24.1. The summed E-state index contributed by atoms with van der Waals surface area (Å²) >= 11 is 0. The molecule has 0 radical (unpaired) electrons. The van der Waals surface area contributed by atoms with Crippen LogP contribution in [0.1, 0.15) is 29.0 Å². The van der Waals surface area contributed by atoms with Gasteiger partial charge in [0.05, 0.1) is 22.8 Å². The van der Waals surface area contributed by atoms with Crippen LogP contribution in [0.2, 0.25) is 0 Å². The lowest BCUT2D eigenvalue weighted by Crippen LogP contribution is -2.18. The molecule has 0 aromatic carbocycles. The fourth-order valence-electron chi connectivity index (χ4n) is 1.82. The molecule has 0 amide bonds. The molecule has 1 saturated heterocycles. The van der Waals surface area contributed by atoms with Crippen LogP contribution in [0.3, 0.4) is 0 Å². The molecular formula is C9H11NO4S. The van der Waals surface area contributed by atoms with Gasteiger partial charge in [0.2, 0.25) is 0 Å². The van der Waals surface area contributed by atoms with Gasteiger partial charge < -0.3 is 4.52 Å². The van der Waals surface area contributed by atoms with Gasteiger partial charge in [-0.2, -0.15) is 0 Å². The first-order chi connectivity index (χ1) is 7.13. The zero-order chi connectivity index (χ0) is 10.9. The van der Waals surface area contributed by atoms with Crippen molar-refractivity contribution in [3.8, 4) is 0 Å². The second-order valence-electron chi connectivity index (χ2n) is 3.66. The summed E-state index contributed by atoms with van der Waals surface area (Å²) < 4.78 is 27.9. The molecule has 1 unspecified atom stereocenters. The Morgan fingerprint density at radius 3 is 3.00 bits per heavy atom. The summed E-state index contributed by atoms with van der Waals surface area (Å²) in [4.78, 5) is 10.6. The third-order valence-electron chi connectivity index (χ3n) is 2.68. The molecule has 1 atom stereocenters. The Hall–Kier alpha value is -1.17. The zero-order valence-electron chi connectivity index (χ0n) is 8.05. The predicted molar refractivity (Wildman–Crippen MR) is 52.4 cm³/mol. The molecule has 0 spiro atoms. The monoisotopic (exact) mass is 229 g/mol. The van der Waals surface area contributed by atoms with Crippen LogP contribution in [0.5, 0.6) is 0 Å². The van der Waals surface area contributed by atoms with E-state index >= 15 is 0 Å². The van der Waals surface area contributed by atoms with Gasteiger partial charge in [-0.05, 0) is 12.8 Å². The van der Waals surface area contributed by atoms with Crippen LogP contribution < -0.4 is 0 Å².